The summed E-state index contributed by atoms with van der Waals surface area (Å²) >= 11 is 0. The third-order valence-corrected chi connectivity index (χ3v) is 13.6. The highest BCUT2D eigenvalue weighted by Gasteiger charge is 2.37. The standard InChI is InChI=1S/C16H30O4.C15H28O3.C15H28O2.C12H20O5.C12H24O2.C10H16O4/c1-5-16(12-19-13-16)11-18-10-8-6-7-9-14(17)20-15(2,3)4;1-15(2,3)18-14(16)11-9-7-5-4-6-8-10-13-12-17-13;1-5-6-7-8-9-10-11-12-13-14(16)17-15(2,3)4;1-5-10(13)16-9-8-15-7-6-11(14)17-12(2,3)4;1-5-6-7-8-9-10-11(13)14-12(2,3)4;1-5-8(11)13-7-6-9(12)14-10(2,3)4/h5-13H2,1-4H3;13H,4-12H2,1-3H3;5H,1,6-13H2,2-4H3;5H,1,6-9H2,2-4H3;5-10H2,1-4H3;5H,1,6-7H2,2-4H3. The van der Waals surface area contributed by atoms with Gasteiger partial charge in [0.2, 0.25) is 0 Å². The fourth-order valence-corrected chi connectivity index (χ4v) is 8.61. The molecule has 2 rings (SSSR count). The van der Waals surface area contributed by atoms with E-state index >= 15 is 0 Å². The Morgan fingerprint density at radius 3 is 1.02 bits per heavy atom. The summed E-state index contributed by atoms with van der Waals surface area (Å²) in [7, 11) is 0. The number of epoxide rings is 1. The Morgan fingerprint density at radius 1 is 0.380 bits per heavy atom. The molecule has 0 radical (unpaired) electrons. The van der Waals surface area contributed by atoms with Gasteiger partial charge in [-0.2, -0.15) is 0 Å². The Morgan fingerprint density at radius 2 is 0.700 bits per heavy atom. The van der Waals surface area contributed by atoms with Crippen LogP contribution in [0.2, 0.25) is 0 Å². The number of allylic oxidation sites excluding steroid dienone is 1. The highest BCUT2D eigenvalue weighted by Crippen LogP contribution is 2.31. The number of unbranched alkanes of at least 4 members (excludes halogenated alkanes) is 17. The Kier molecular flexibility index (Phi) is 59.9. The van der Waals surface area contributed by atoms with E-state index in [2.05, 4.69) is 43.1 Å². The molecular formula is C80H146O20. The number of rotatable bonds is 44. The summed E-state index contributed by atoms with van der Waals surface area (Å²) in [6.45, 7) is 53.1. The summed E-state index contributed by atoms with van der Waals surface area (Å²) in [5, 5.41) is 0. The second-order valence-electron chi connectivity index (χ2n) is 31.3. The number of ether oxygens (including phenoxy) is 12. The van der Waals surface area contributed by atoms with Gasteiger partial charge in [0, 0.05) is 49.9 Å². The zero-order valence-electron chi connectivity index (χ0n) is 67.0. The molecule has 1 atom stereocenters. The fraction of sp³-hybridized carbons (Fsp3) is 0.825. The second kappa shape index (κ2) is 59.2. The average Bonchev–Trinajstić information content (AvgIpc) is 0.869. The first-order valence-corrected chi connectivity index (χ1v) is 37.3. The molecule has 0 bridgehead atoms. The van der Waals surface area contributed by atoms with Crippen LogP contribution in [-0.4, -0.2) is 147 Å². The SMILES string of the molecule is C=CC(=O)OCCC(=O)OC(C)(C)C.C=CC(=O)OCCOCCC(=O)OC(C)(C)C.C=CCCCCCCCCC(=O)OC(C)(C)C.CC(C)(C)OC(=O)CCCCCCCCC1CO1.CCC1(COCCCCCC(=O)OC(C)(C)C)COC1.CCCCCCCC(=O)OC(C)(C)C. The average molecular weight is 1430 g/mol. The predicted molar refractivity (Wildman–Crippen MR) is 397 cm³/mol. The van der Waals surface area contributed by atoms with Gasteiger partial charge in [0.05, 0.1) is 58.6 Å². The summed E-state index contributed by atoms with van der Waals surface area (Å²) in [5.41, 5.74) is -2.10. The van der Waals surface area contributed by atoms with Crippen molar-refractivity contribution in [2.75, 3.05) is 59.5 Å². The van der Waals surface area contributed by atoms with E-state index in [1.54, 1.807) is 41.5 Å². The molecular weight excluding hydrogens is 1280 g/mol. The molecule has 2 aliphatic rings. The summed E-state index contributed by atoms with van der Waals surface area (Å²) in [6.07, 6.45) is 33.7. The van der Waals surface area contributed by atoms with Crippen LogP contribution >= 0.6 is 0 Å². The van der Waals surface area contributed by atoms with Gasteiger partial charge in [0.25, 0.3) is 0 Å². The molecule has 0 aliphatic carbocycles. The monoisotopic (exact) mass is 1430 g/mol. The van der Waals surface area contributed by atoms with Crippen molar-refractivity contribution in [1.82, 2.24) is 0 Å². The minimum absolute atomic E-state index is 0.0275. The molecule has 2 fully saturated rings. The summed E-state index contributed by atoms with van der Waals surface area (Å²) in [6, 6.07) is 0. The maximum atomic E-state index is 11.5. The summed E-state index contributed by atoms with van der Waals surface area (Å²) in [4.78, 5) is 89.2. The van der Waals surface area contributed by atoms with Gasteiger partial charge in [-0.1, -0.05) is 123 Å². The van der Waals surface area contributed by atoms with Crippen molar-refractivity contribution in [1.29, 1.82) is 0 Å². The van der Waals surface area contributed by atoms with Gasteiger partial charge in [-0.3, -0.25) is 28.8 Å². The Labute approximate surface area is 607 Å². The second-order valence-corrected chi connectivity index (χ2v) is 31.3. The molecule has 2 heterocycles. The minimum atomic E-state index is -0.534. The number of carbonyl (C=O) groups is 8. The first kappa shape index (κ1) is 101. The number of hydrogen-bond donors (Lipinski definition) is 0. The van der Waals surface area contributed by atoms with Crippen molar-refractivity contribution < 1.29 is 95.2 Å². The molecule has 0 spiro atoms. The van der Waals surface area contributed by atoms with Crippen LogP contribution in [0.15, 0.2) is 38.0 Å². The van der Waals surface area contributed by atoms with Crippen molar-refractivity contribution in [3.05, 3.63) is 38.0 Å². The third kappa shape index (κ3) is 83.5. The predicted octanol–water partition coefficient (Wildman–Crippen LogP) is 18.4. The summed E-state index contributed by atoms with van der Waals surface area (Å²) in [5.74, 6) is -1.99. The van der Waals surface area contributed by atoms with Crippen LogP contribution < -0.4 is 0 Å². The quantitative estimate of drug-likeness (QED) is 0.0137. The molecule has 2 aliphatic heterocycles. The van der Waals surface area contributed by atoms with Gasteiger partial charge >= 0.3 is 47.8 Å². The van der Waals surface area contributed by atoms with E-state index < -0.39 is 23.1 Å². The van der Waals surface area contributed by atoms with Crippen LogP contribution in [0.25, 0.3) is 0 Å². The van der Waals surface area contributed by atoms with Crippen molar-refractivity contribution in [2.45, 2.75) is 364 Å². The molecule has 0 N–H and O–H groups in total. The molecule has 0 amide bonds. The van der Waals surface area contributed by atoms with Crippen LogP contribution in [-0.2, 0) is 95.2 Å². The molecule has 1 unspecified atom stereocenters. The lowest BCUT2D eigenvalue weighted by Gasteiger charge is -2.40. The topological polar surface area (TPSA) is 251 Å². The van der Waals surface area contributed by atoms with Gasteiger partial charge in [-0.15, -0.1) is 6.58 Å². The minimum Gasteiger partial charge on any atom is -0.462 e. The normalized spacial score (nSPS) is 13.7. The van der Waals surface area contributed by atoms with Gasteiger partial charge in [-0.25, -0.2) is 9.59 Å². The first-order valence-electron chi connectivity index (χ1n) is 37.3. The van der Waals surface area contributed by atoms with Crippen molar-refractivity contribution in [2.24, 2.45) is 5.41 Å². The lowest BCUT2D eigenvalue weighted by Crippen LogP contribution is -2.45. The highest BCUT2D eigenvalue weighted by atomic mass is 16.6. The Hall–Kier alpha value is -5.18. The van der Waals surface area contributed by atoms with Crippen LogP contribution in [0.4, 0.5) is 0 Å². The van der Waals surface area contributed by atoms with Gasteiger partial charge < -0.3 is 56.8 Å². The van der Waals surface area contributed by atoms with Gasteiger partial charge in [-0.05, 0) is 182 Å². The molecule has 0 saturated carbocycles. The summed E-state index contributed by atoms with van der Waals surface area (Å²) < 4.78 is 61.6. The number of carbonyl (C=O) groups excluding carboxylic acids is 8. The lowest BCUT2D eigenvalue weighted by molar-refractivity contribution is -0.158. The molecule has 0 aromatic heterocycles. The largest absolute Gasteiger partial charge is 0.462 e. The highest BCUT2D eigenvalue weighted by molar-refractivity contribution is 5.81. The van der Waals surface area contributed by atoms with Crippen LogP contribution in [0.1, 0.15) is 325 Å². The van der Waals surface area contributed by atoms with E-state index in [0.717, 1.165) is 116 Å². The first-order chi connectivity index (χ1) is 46.4. The molecule has 20 nitrogen and oxygen atoms in total. The molecule has 20 heteroatoms. The van der Waals surface area contributed by atoms with E-state index in [0.29, 0.717) is 31.8 Å². The molecule has 586 valence electrons. The molecule has 2 saturated heterocycles. The van der Waals surface area contributed by atoms with Crippen LogP contribution in [0.5, 0.6) is 0 Å². The van der Waals surface area contributed by atoms with E-state index in [1.165, 1.54) is 77.0 Å². The maximum Gasteiger partial charge on any atom is 0.330 e. The Balaban J connectivity index is -0.000000556. The lowest BCUT2D eigenvalue weighted by atomic mass is 9.84. The fourth-order valence-electron chi connectivity index (χ4n) is 8.61. The zero-order chi connectivity index (χ0) is 77.2. The molecule has 100 heavy (non-hydrogen) atoms. The molecule has 0 aromatic carbocycles. The van der Waals surface area contributed by atoms with Crippen LogP contribution in [0.3, 0.4) is 0 Å². The van der Waals surface area contributed by atoms with Gasteiger partial charge in [0.1, 0.15) is 46.8 Å². The van der Waals surface area contributed by atoms with Gasteiger partial charge in [0.15, 0.2) is 0 Å². The van der Waals surface area contributed by atoms with Crippen molar-refractivity contribution in [3.63, 3.8) is 0 Å². The van der Waals surface area contributed by atoms with Crippen LogP contribution in [0, 0.1) is 5.41 Å². The van der Waals surface area contributed by atoms with E-state index in [9.17, 15) is 38.4 Å². The Bertz CT molecular complexity index is 2160. The number of hydrogen-bond acceptors (Lipinski definition) is 20. The smallest absolute Gasteiger partial charge is 0.330 e. The maximum absolute atomic E-state index is 11.5. The number of esters is 8. The van der Waals surface area contributed by atoms with E-state index in [-0.39, 0.29) is 103 Å². The van der Waals surface area contributed by atoms with Crippen molar-refractivity contribution in [3.8, 4) is 0 Å². The molecule has 0 aromatic rings. The van der Waals surface area contributed by atoms with E-state index in [4.69, 9.17) is 47.4 Å². The third-order valence-electron chi connectivity index (χ3n) is 13.6. The zero-order valence-corrected chi connectivity index (χ0v) is 67.0. The van der Waals surface area contributed by atoms with Crippen molar-refractivity contribution >= 4 is 47.8 Å². The van der Waals surface area contributed by atoms with E-state index in [1.807, 2.05) is 89.2 Å².